The van der Waals surface area contributed by atoms with Crippen molar-refractivity contribution in [3.05, 3.63) is 22.9 Å². The first kappa shape index (κ1) is 11.2. The van der Waals surface area contributed by atoms with Gasteiger partial charge >= 0.3 is 0 Å². The Balaban J connectivity index is 2.02. The van der Waals surface area contributed by atoms with Crippen LogP contribution in [0.1, 0.15) is 46.0 Å². The number of allylic oxidation sites excluding steroid dienone is 4. The van der Waals surface area contributed by atoms with Gasteiger partial charge in [0.1, 0.15) is 0 Å². The summed E-state index contributed by atoms with van der Waals surface area (Å²) >= 11 is 0. The van der Waals surface area contributed by atoms with Gasteiger partial charge in [0.15, 0.2) is 0 Å². The molecule has 0 bridgehead atoms. The van der Waals surface area contributed by atoms with Crippen LogP contribution in [0.15, 0.2) is 22.9 Å². The van der Waals surface area contributed by atoms with Gasteiger partial charge in [-0.2, -0.15) is 0 Å². The van der Waals surface area contributed by atoms with Crippen molar-refractivity contribution in [1.29, 1.82) is 0 Å². The molecule has 0 N–H and O–H groups in total. The molecule has 0 radical (unpaired) electrons. The van der Waals surface area contributed by atoms with Crippen LogP contribution in [-0.4, -0.2) is 8.07 Å². The second-order valence-electron chi connectivity index (χ2n) is 5.24. The molecule has 1 fully saturated rings. The lowest BCUT2D eigenvalue weighted by atomic mass is 10.2. The molecule has 2 aliphatic rings. The van der Waals surface area contributed by atoms with E-state index in [0.717, 1.165) is 0 Å². The maximum atomic E-state index is 2.57. The maximum absolute atomic E-state index is 2.57. The summed E-state index contributed by atoms with van der Waals surface area (Å²) < 4.78 is 0. The van der Waals surface area contributed by atoms with Crippen LogP contribution in [0, 0.1) is 0 Å². The van der Waals surface area contributed by atoms with Gasteiger partial charge in [-0.15, -0.1) is 0 Å². The fourth-order valence-electron chi connectivity index (χ4n) is 3.05. The predicted octanol–water partition coefficient (Wildman–Crippen LogP) is 4.84. The molecule has 0 spiro atoms. The van der Waals surface area contributed by atoms with Gasteiger partial charge in [0.25, 0.3) is 0 Å². The standard InChI is InChI=1S/C14H24Si/c1-3-5-9-15(10-6-11-15)14-8-7-13(4-2)12-14/h7,12H,3-6,8-11H2,1-2H3. The van der Waals surface area contributed by atoms with Crippen LogP contribution in [0.3, 0.4) is 0 Å². The molecule has 0 aromatic rings. The van der Waals surface area contributed by atoms with Crippen LogP contribution in [0.4, 0.5) is 0 Å². The van der Waals surface area contributed by atoms with E-state index >= 15 is 0 Å². The van der Waals surface area contributed by atoms with Crippen molar-refractivity contribution < 1.29 is 0 Å². The first-order valence-corrected chi connectivity index (χ1v) is 9.33. The summed E-state index contributed by atoms with van der Waals surface area (Å²) in [5.74, 6) is 0. The molecule has 0 amide bonds. The van der Waals surface area contributed by atoms with Gasteiger partial charge in [0.05, 0.1) is 8.07 Å². The molecule has 0 aromatic carbocycles. The average Bonchev–Trinajstić information content (AvgIpc) is 2.65. The molecule has 15 heavy (non-hydrogen) atoms. The number of hydrogen-bond donors (Lipinski definition) is 0. The highest BCUT2D eigenvalue weighted by Gasteiger charge is 2.42. The van der Waals surface area contributed by atoms with Gasteiger partial charge in [-0.3, -0.25) is 0 Å². The first-order chi connectivity index (χ1) is 7.30. The Labute approximate surface area is 95.5 Å². The molecule has 1 heterocycles. The molecule has 1 saturated heterocycles. The first-order valence-electron chi connectivity index (χ1n) is 6.71. The van der Waals surface area contributed by atoms with Gasteiger partial charge < -0.3 is 0 Å². The summed E-state index contributed by atoms with van der Waals surface area (Å²) in [5.41, 5.74) is 1.61. The average molecular weight is 220 g/mol. The van der Waals surface area contributed by atoms with E-state index in [1.165, 1.54) is 32.1 Å². The minimum atomic E-state index is -0.880. The van der Waals surface area contributed by atoms with Gasteiger partial charge in [-0.25, -0.2) is 0 Å². The third kappa shape index (κ3) is 2.12. The van der Waals surface area contributed by atoms with E-state index in [9.17, 15) is 0 Å². The Bertz CT molecular complexity index is 282. The highest BCUT2D eigenvalue weighted by atomic mass is 28.3. The zero-order valence-electron chi connectivity index (χ0n) is 10.3. The van der Waals surface area contributed by atoms with Crippen molar-refractivity contribution in [1.82, 2.24) is 0 Å². The molecule has 1 aliphatic carbocycles. The van der Waals surface area contributed by atoms with Crippen molar-refractivity contribution in [2.24, 2.45) is 0 Å². The lowest BCUT2D eigenvalue weighted by molar-refractivity contribution is 0.805. The summed E-state index contributed by atoms with van der Waals surface area (Å²) in [6, 6.07) is 4.79. The molecule has 0 aromatic heterocycles. The van der Waals surface area contributed by atoms with Crippen LogP contribution < -0.4 is 0 Å². The quantitative estimate of drug-likeness (QED) is 0.581. The van der Waals surface area contributed by atoms with Gasteiger partial charge in [-0.1, -0.05) is 74.2 Å². The van der Waals surface area contributed by atoms with E-state index in [0.29, 0.717) is 0 Å². The fraction of sp³-hybridized carbons (Fsp3) is 0.714. The molecule has 0 saturated carbocycles. The van der Waals surface area contributed by atoms with E-state index in [4.69, 9.17) is 0 Å². The van der Waals surface area contributed by atoms with E-state index in [1.807, 2.05) is 5.20 Å². The van der Waals surface area contributed by atoms with Crippen molar-refractivity contribution in [2.45, 2.75) is 64.1 Å². The lowest BCUT2D eigenvalue weighted by Gasteiger charge is -2.41. The molecule has 1 heteroatoms. The molecule has 1 aliphatic heterocycles. The molecular formula is C14H24Si. The number of rotatable bonds is 5. The summed E-state index contributed by atoms with van der Waals surface area (Å²) in [6.07, 6.45) is 12.0. The topological polar surface area (TPSA) is 0 Å². The van der Waals surface area contributed by atoms with Gasteiger partial charge in [0.2, 0.25) is 0 Å². The van der Waals surface area contributed by atoms with Crippen molar-refractivity contribution in [2.75, 3.05) is 0 Å². The zero-order chi connectivity index (χ0) is 10.7. The SMILES string of the molecule is CCCC[Si]1(C2=CC(CC)=CC2)CCC1. The Hall–Kier alpha value is -0.303. The van der Waals surface area contributed by atoms with E-state index in [-0.39, 0.29) is 0 Å². The minimum Gasteiger partial charge on any atom is -0.0777 e. The van der Waals surface area contributed by atoms with E-state index in [2.05, 4.69) is 26.0 Å². The lowest BCUT2D eigenvalue weighted by Crippen LogP contribution is -2.43. The second kappa shape index (κ2) is 4.69. The summed E-state index contributed by atoms with van der Waals surface area (Å²) in [5, 5.41) is 1.90. The van der Waals surface area contributed by atoms with Gasteiger partial charge in [0, 0.05) is 0 Å². The number of hydrogen-bond acceptors (Lipinski definition) is 0. The Morgan fingerprint density at radius 3 is 2.53 bits per heavy atom. The third-order valence-electron chi connectivity index (χ3n) is 4.35. The molecule has 0 unspecified atom stereocenters. The van der Waals surface area contributed by atoms with E-state index < -0.39 is 8.07 Å². The smallest absolute Gasteiger partial charge is 0.0777 e. The van der Waals surface area contributed by atoms with Crippen LogP contribution in [0.5, 0.6) is 0 Å². The van der Waals surface area contributed by atoms with Crippen LogP contribution in [0.2, 0.25) is 18.1 Å². The monoisotopic (exact) mass is 220 g/mol. The minimum absolute atomic E-state index is 0.880. The zero-order valence-corrected chi connectivity index (χ0v) is 11.3. The van der Waals surface area contributed by atoms with Crippen molar-refractivity contribution >= 4 is 8.07 Å². The molecule has 84 valence electrons. The fourth-order valence-corrected chi connectivity index (χ4v) is 7.78. The summed E-state index contributed by atoms with van der Waals surface area (Å²) in [7, 11) is -0.880. The van der Waals surface area contributed by atoms with Crippen LogP contribution in [-0.2, 0) is 0 Å². The summed E-state index contributed by atoms with van der Waals surface area (Å²) in [6.45, 7) is 4.62. The van der Waals surface area contributed by atoms with Crippen LogP contribution >= 0.6 is 0 Å². The molecular weight excluding hydrogens is 196 g/mol. The molecule has 0 atom stereocenters. The highest BCUT2D eigenvalue weighted by molar-refractivity contribution is 6.88. The normalized spacial score (nSPS) is 23.3. The third-order valence-corrected chi connectivity index (χ3v) is 10.00. The Morgan fingerprint density at radius 2 is 2.07 bits per heavy atom. The second-order valence-corrected chi connectivity index (χ2v) is 9.95. The maximum Gasteiger partial charge on any atom is 0.0819 e. The molecule has 0 nitrogen and oxygen atoms in total. The van der Waals surface area contributed by atoms with Crippen molar-refractivity contribution in [3.63, 3.8) is 0 Å². The van der Waals surface area contributed by atoms with Gasteiger partial charge in [-0.05, 0) is 12.8 Å². The number of unbranched alkanes of at least 4 members (excludes halogenated alkanes) is 1. The predicted molar refractivity (Wildman–Crippen MR) is 70.8 cm³/mol. The Kier molecular flexibility index (Phi) is 3.50. The Morgan fingerprint density at radius 1 is 1.27 bits per heavy atom. The van der Waals surface area contributed by atoms with Crippen LogP contribution in [0.25, 0.3) is 0 Å². The summed E-state index contributed by atoms with van der Waals surface area (Å²) in [4.78, 5) is 0. The highest BCUT2D eigenvalue weighted by Crippen LogP contribution is 2.45. The van der Waals surface area contributed by atoms with Crippen molar-refractivity contribution in [3.8, 4) is 0 Å². The van der Waals surface area contributed by atoms with E-state index in [1.54, 1.807) is 23.7 Å². The largest absolute Gasteiger partial charge is 0.0819 e. The molecule has 2 rings (SSSR count).